The van der Waals surface area contributed by atoms with Crippen molar-refractivity contribution in [2.24, 2.45) is 23.7 Å². The summed E-state index contributed by atoms with van der Waals surface area (Å²) in [6.07, 6.45) is 5.29. The van der Waals surface area contributed by atoms with E-state index in [1.54, 1.807) is 0 Å². The number of carbonyl (C=O) groups excluding carboxylic acids is 3. The summed E-state index contributed by atoms with van der Waals surface area (Å²) in [6, 6.07) is 5.84. The first kappa shape index (κ1) is 27.4. The van der Waals surface area contributed by atoms with Crippen molar-refractivity contribution in [1.82, 2.24) is 15.1 Å². The van der Waals surface area contributed by atoms with Gasteiger partial charge in [-0.25, -0.2) is 4.39 Å². The van der Waals surface area contributed by atoms with Crippen molar-refractivity contribution in [3.05, 3.63) is 30.1 Å². The highest BCUT2D eigenvalue weighted by Gasteiger charge is 2.43. The van der Waals surface area contributed by atoms with Gasteiger partial charge in [-0.1, -0.05) is 20.8 Å². The van der Waals surface area contributed by atoms with Crippen LogP contribution in [0.25, 0.3) is 0 Å². The Labute approximate surface area is 220 Å². The van der Waals surface area contributed by atoms with Gasteiger partial charge in [0.25, 0.3) is 5.91 Å². The van der Waals surface area contributed by atoms with Crippen LogP contribution in [0.1, 0.15) is 65.7 Å². The second-order valence-corrected chi connectivity index (χ2v) is 11.7. The number of nitrogens with one attached hydrogen (secondary N) is 1. The lowest BCUT2D eigenvalue weighted by Crippen LogP contribution is -2.60. The molecule has 3 aliphatic heterocycles. The third kappa shape index (κ3) is 7.23. The van der Waals surface area contributed by atoms with Gasteiger partial charge in [0.05, 0.1) is 0 Å². The predicted octanol–water partition coefficient (Wildman–Crippen LogP) is 4.01. The first-order valence-electron chi connectivity index (χ1n) is 13.9. The average Bonchev–Trinajstić information content (AvgIpc) is 2.87. The maximum Gasteiger partial charge on any atom is 0.260 e. The molecule has 1 N–H and O–H groups in total. The van der Waals surface area contributed by atoms with Crippen LogP contribution in [0, 0.1) is 29.5 Å². The predicted molar refractivity (Wildman–Crippen MR) is 139 cm³/mol. The molecule has 0 saturated carbocycles. The molecule has 1 aromatic carbocycles. The minimum atomic E-state index is -0.346. The number of amides is 3. The fraction of sp³-hybridized carbons (Fsp3) is 0.690. The molecule has 0 aromatic heterocycles. The molecular weight excluding hydrogens is 473 g/mol. The topological polar surface area (TPSA) is 79.0 Å². The van der Waals surface area contributed by atoms with E-state index in [1.807, 2.05) is 4.90 Å². The van der Waals surface area contributed by atoms with Crippen molar-refractivity contribution in [1.29, 1.82) is 0 Å². The lowest BCUT2D eigenvalue weighted by Gasteiger charge is -2.51. The van der Waals surface area contributed by atoms with Crippen LogP contribution in [0.4, 0.5) is 4.39 Å². The Morgan fingerprint density at radius 1 is 1.11 bits per heavy atom. The SMILES string of the molecule is CC(C)[C@@H]1CC[C@@H](C)CC(=O)N2C[C@H]3C[C@H](CN(C(=O)COc4ccc(F)cc4)C3)[C@@H]2CCCC(=O)N1. The van der Waals surface area contributed by atoms with Crippen LogP contribution in [0.2, 0.25) is 0 Å². The van der Waals surface area contributed by atoms with Crippen LogP contribution in [0.3, 0.4) is 0 Å². The fourth-order valence-corrected chi connectivity index (χ4v) is 6.28. The first-order chi connectivity index (χ1) is 17.7. The Morgan fingerprint density at radius 3 is 2.59 bits per heavy atom. The largest absolute Gasteiger partial charge is 0.484 e. The molecule has 3 aliphatic rings. The van der Waals surface area contributed by atoms with E-state index in [0.717, 1.165) is 32.1 Å². The third-order valence-electron chi connectivity index (χ3n) is 8.37. The number of piperidine rings is 2. The molecule has 0 radical (unpaired) electrons. The second-order valence-electron chi connectivity index (χ2n) is 11.7. The maximum atomic E-state index is 13.5. The molecule has 204 valence electrons. The summed E-state index contributed by atoms with van der Waals surface area (Å²) >= 11 is 0. The van der Waals surface area contributed by atoms with Crippen molar-refractivity contribution >= 4 is 17.7 Å². The molecule has 0 spiro atoms. The summed E-state index contributed by atoms with van der Waals surface area (Å²) in [7, 11) is 0. The zero-order valence-corrected chi connectivity index (χ0v) is 22.5. The quantitative estimate of drug-likeness (QED) is 0.657. The number of likely N-dealkylation sites (tertiary alicyclic amines) is 1. The number of hydrogen-bond donors (Lipinski definition) is 1. The van der Waals surface area contributed by atoms with Gasteiger partial charge in [-0.15, -0.1) is 0 Å². The van der Waals surface area contributed by atoms with E-state index >= 15 is 0 Å². The van der Waals surface area contributed by atoms with Crippen molar-refractivity contribution in [3.8, 4) is 5.75 Å². The summed E-state index contributed by atoms with van der Waals surface area (Å²) in [4.78, 5) is 43.1. The van der Waals surface area contributed by atoms with E-state index in [4.69, 9.17) is 4.74 Å². The number of nitrogens with zero attached hydrogens (tertiary/aromatic N) is 2. The van der Waals surface area contributed by atoms with Gasteiger partial charge < -0.3 is 19.9 Å². The highest BCUT2D eigenvalue weighted by atomic mass is 19.1. The molecule has 5 atom stereocenters. The summed E-state index contributed by atoms with van der Waals surface area (Å²) in [6.45, 7) is 8.19. The molecule has 0 aliphatic carbocycles. The first-order valence-corrected chi connectivity index (χ1v) is 13.9. The zero-order chi connectivity index (χ0) is 26.5. The summed E-state index contributed by atoms with van der Waals surface area (Å²) in [5.74, 6) is 1.39. The maximum absolute atomic E-state index is 13.5. The van der Waals surface area contributed by atoms with Gasteiger partial charge in [-0.3, -0.25) is 14.4 Å². The molecule has 2 bridgehead atoms. The minimum Gasteiger partial charge on any atom is -0.484 e. The summed E-state index contributed by atoms with van der Waals surface area (Å²) in [5, 5.41) is 3.23. The van der Waals surface area contributed by atoms with E-state index in [2.05, 4.69) is 31.0 Å². The molecule has 3 amide bonds. The molecule has 7 nitrogen and oxygen atoms in total. The highest BCUT2D eigenvalue weighted by molar-refractivity contribution is 5.79. The van der Waals surface area contributed by atoms with E-state index in [1.165, 1.54) is 24.3 Å². The van der Waals surface area contributed by atoms with Gasteiger partial charge in [-0.05, 0) is 80.0 Å². The average molecular weight is 516 g/mol. The zero-order valence-electron chi connectivity index (χ0n) is 22.5. The number of rotatable bonds is 4. The van der Waals surface area contributed by atoms with Crippen LogP contribution in [0.5, 0.6) is 5.75 Å². The molecule has 3 saturated heterocycles. The molecule has 3 fully saturated rings. The molecular formula is C29H42FN3O4. The third-order valence-corrected chi connectivity index (χ3v) is 8.37. The number of halogens is 1. The van der Waals surface area contributed by atoms with Gasteiger partial charge >= 0.3 is 0 Å². The monoisotopic (exact) mass is 515 g/mol. The lowest BCUT2D eigenvalue weighted by molar-refractivity contribution is -0.147. The van der Waals surface area contributed by atoms with Gasteiger partial charge in [-0.2, -0.15) is 0 Å². The number of ether oxygens (including phenoxy) is 1. The Kier molecular flexibility index (Phi) is 9.08. The molecule has 8 heteroatoms. The molecule has 0 unspecified atom stereocenters. The lowest BCUT2D eigenvalue weighted by atomic mass is 9.77. The number of benzene rings is 1. The Balaban J connectivity index is 1.42. The molecule has 37 heavy (non-hydrogen) atoms. The van der Waals surface area contributed by atoms with Gasteiger partial charge in [0.1, 0.15) is 11.6 Å². The Morgan fingerprint density at radius 2 is 1.86 bits per heavy atom. The number of carbonyl (C=O) groups is 3. The fourth-order valence-electron chi connectivity index (χ4n) is 6.28. The molecule has 4 rings (SSSR count). The van der Waals surface area contributed by atoms with E-state index in [9.17, 15) is 18.8 Å². The summed E-state index contributed by atoms with van der Waals surface area (Å²) < 4.78 is 18.8. The van der Waals surface area contributed by atoms with E-state index < -0.39 is 0 Å². The van der Waals surface area contributed by atoms with Crippen LogP contribution in [-0.4, -0.2) is 65.8 Å². The van der Waals surface area contributed by atoms with Crippen molar-refractivity contribution in [2.45, 2.75) is 77.8 Å². The van der Waals surface area contributed by atoms with Crippen LogP contribution in [-0.2, 0) is 14.4 Å². The smallest absolute Gasteiger partial charge is 0.260 e. The number of hydrogen-bond acceptors (Lipinski definition) is 4. The van der Waals surface area contributed by atoms with Gasteiger partial charge in [0, 0.05) is 44.6 Å². The van der Waals surface area contributed by atoms with Crippen molar-refractivity contribution in [3.63, 3.8) is 0 Å². The normalized spacial score (nSPS) is 29.5. The minimum absolute atomic E-state index is 0.0408. The van der Waals surface area contributed by atoms with Gasteiger partial charge in [0.2, 0.25) is 11.8 Å². The molecule has 1 aromatic rings. The Hall–Kier alpha value is -2.64. The van der Waals surface area contributed by atoms with Crippen molar-refractivity contribution in [2.75, 3.05) is 26.2 Å². The van der Waals surface area contributed by atoms with Crippen LogP contribution in [0.15, 0.2) is 24.3 Å². The van der Waals surface area contributed by atoms with E-state index in [0.29, 0.717) is 44.1 Å². The second kappa shape index (κ2) is 12.3. The standard InChI is InChI=1S/C29H42FN3O4/c1-19(2)25-12-7-20(3)13-28(35)33-16-21-14-22(26(33)5-4-6-27(34)31-25)17-32(15-21)29(36)18-37-24-10-8-23(30)9-11-24/h8-11,19-22,25-26H,4-7,12-18H2,1-3H3,(H,31,34)/t20-,21+,22-,25+,26+/m1/s1. The van der Waals surface area contributed by atoms with Crippen LogP contribution < -0.4 is 10.1 Å². The highest BCUT2D eigenvalue weighted by Crippen LogP contribution is 2.36. The van der Waals surface area contributed by atoms with Gasteiger partial charge in [0.15, 0.2) is 6.61 Å². The molecule has 3 heterocycles. The number of fused-ring (bicyclic) bond motifs is 4. The van der Waals surface area contributed by atoms with Crippen LogP contribution >= 0.6 is 0 Å². The van der Waals surface area contributed by atoms with Crippen molar-refractivity contribution < 1.29 is 23.5 Å². The van der Waals surface area contributed by atoms with E-state index in [-0.39, 0.29) is 60.0 Å². The summed E-state index contributed by atoms with van der Waals surface area (Å²) in [5.41, 5.74) is 0. The Bertz CT molecular complexity index is 953.